The highest BCUT2D eigenvalue weighted by atomic mass is 16.5. The Kier molecular flexibility index (Phi) is 11.8. The summed E-state index contributed by atoms with van der Waals surface area (Å²) in [7, 11) is 0. The minimum absolute atomic E-state index is 0.199. The third-order valence-corrected chi connectivity index (χ3v) is 4.24. The number of hydrogen-bond donors (Lipinski definition) is 0. The van der Waals surface area contributed by atoms with Crippen molar-refractivity contribution >= 4 is 12.0 Å². The fourth-order valence-electron chi connectivity index (χ4n) is 2.73. The molecule has 1 aromatic carbocycles. The lowest BCUT2D eigenvalue weighted by Crippen LogP contribution is -2.07. The maximum atomic E-state index is 11.9. The summed E-state index contributed by atoms with van der Waals surface area (Å²) in [5.41, 5.74) is 1.69. The van der Waals surface area contributed by atoms with E-state index in [1.165, 1.54) is 51.4 Å². The van der Waals surface area contributed by atoms with Crippen molar-refractivity contribution in [2.75, 3.05) is 6.61 Å². The normalized spacial score (nSPS) is 11.5. The molecule has 1 rings (SSSR count). The smallest absolute Gasteiger partial charge is 0.333 e. The lowest BCUT2D eigenvalue weighted by Gasteiger charge is -2.05. The topological polar surface area (TPSA) is 26.3 Å². The summed E-state index contributed by atoms with van der Waals surface area (Å²) in [6.45, 7) is 4.61. The van der Waals surface area contributed by atoms with Gasteiger partial charge in [0.2, 0.25) is 0 Å². The van der Waals surface area contributed by atoms with Gasteiger partial charge >= 0.3 is 5.97 Å². The van der Waals surface area contributed by atoms with Crippen LogP contribution in [0, 0.1) is 0 Å². The molecule has 0 atom stereocenters. The molecule has 0 spiro atoms. The molecule has 0 amide bonds. The van der Waals surface area contributed by atoms with Crippen molar-refractivity contribution in [3.05, 3.63) is 41.5 Å². The van der Waals surface area contributed by atoms with Gasteiger partial charge in [0, 0.05) is 5.57 Å². The van der Waals surface area contributed by atoms with Gasteiger partial charge in [0.15, 0.2) is 0 Å². The first kappa shape index (κ1) is 20.5. The van der Waals surface area contributed by atoms with E-state index in [2.05, 4.69) is 6.92 Å². The highest BCUT2D eigenvalue weighted by Crippen LogP contribution is 2.11. The number of hydrogen-bond acceptors (Lipinski definition) is 2. The summed E-state index contributed by atoms with van der Waals surface area (Å²) in [6.07, 6.45) is 14.8. The summed E-state index contributed by atoms with van der Waals surface area (Å²) >= 11 is 0. The molecule has 0 unspecified atom stereocenters. The first-order chi connectivity index (χ1) is 11.7. The quantitative estimate of drug-likeness (QED) is 0.233. The first-order valence-electron chi connectivity index (χ1n) is 9.64. The number of carbonyl (C=O) groups excluding carboxylic acids is 1. The lowest BCUT2D eigenvalue weighted by molar-refractivity contribution is -0.139. The predicted molar refractivity (Wildman–Crippen MR) is 103 cm³/mol. The number of carbonyl (C=O) groups is 1. The van der Waals surface area contributed by atoms with Crippen molar-refractivity contribution in [3.63, 3.8) is 0 Å². The highest BCUT2D eigenvalue weighted by molar-refractivity contribution is 5.92. The van der Waals surface area contributed by atoms with Crippen LogP contribution >= 0.6 is 0 Å². The molecule has 0 saturated heterocycles. The van der Waals surface area contributed by atoms with Crippen LogP contribution in [0.4, 0.5) is 0 Å². The van der Waals surface area contributed by atoms with Gasteiger partial charge in [-0.3, -0.25) is 0 Å². The fraction of sp³-hybridized carbons (Fsp3) is 0.591. The van der Waals surface area contributed by atoms with E-state index in [0.29, 0.717) is 12.2 Å². The Balaban J connectivity index is 2.01. The number of benzene rings is 1. The van der Waals surface area contributed by atoms with Gasteiger partial charge in [0.1, 0.15) is 0 Å². The van der Waals surface area contributed by atoms with Gasteiger partial charge in [-0.25, -0.2) is 4.79 Å². The standard InChI is InChI=1S/C22H34O2/c1-3-4-5-6-7-8-9-10-11-15-18-24-22(23)20(2)19-21-16-13-12-14-17-21/h12-14,16-17,19H,3-11,15,18H2,1-2H3. The Morgan fingerprint density at radius 2 is 1.42 bits per heavy atom. The van der Waals surface area contributed by atoms with Crippen LogP contribution in [-0.4, -0.2) is 12.6 Å². The number of rotatable bonds is 13. The molecule has 0 aliphatic heterocycles. The van der Waals surface area contributed by atoms with E-state index in [9.17, 15) is 4.79 Å². The Bertz CT molecular complexity index is 462. The molecule has 0 fully saturated rings. The third-order valence-electron chi connectivity index (χ3n) is 4.24. The zero-order valence-electron chi connectivity index (χ0n) is 15.6. The van der Waals surface area contributed by atoms with Crippen molar-refractivity contribution in [2.24, 2.45) is 0 Å². The molecule has 0 aliphatic rings. The Hall–Kier alpha value is -1.57. The SMILES string of the molecule is CCCCCCCCCCCCOC(=O)C(C)=Cc1ccccc1. The van der Waals surface area contributed by atoms with Crippen LogP contribution in [0.1, 0.15) is 83.6 Å². The van der Waals surface area contributed by atoms with Crippen molar-refractivity contribution < 1.29 is 9.53 Å². The molecule has 0 radical (unpaired) electrons. The first-order valence-corrected chi connectivity index (χ1v) is 9.64. The number of unbranched alkanes of at least 4 members (excludes halogenated alkanes) is 9. The van der Waals surface area contributed by atoms with E-state index < -0.39 is 0 Å². The molecule has 2 nitrogen and oxygen atoms in total. The third kappa shape index (κ3) is 10.3. The Labute approximate surface area is 148 Å². The summed E-state index contributed by atoms with van der Waals surface area (Å²) in [5, 5.41) is 0. The molecular weight excluding hydrogens is 296 g/mol. The predicted octanol–water partition coefficient (Wildman–Crippen LogP) is 6.55. The van der Waals surface area contributed by atoms with Gasteiger partial charge in [-0.2, -0.15) is 0 Å². The Morgan fingerprint density at radius 1 is 0.875 bits per heavy atom. The second-order valence-electron chi connectivity index (χ2n) is 6.56. The number of ether oxygens (including phenoxy) is 1. The minimum Gasteiger partial charge on any atom is -0.462 e. The average Bonchev–Trinajstić information content (AvgIpc) is 2.60. The maximum absolute atomic E-state index is 11.9. The lowest BCUT2D eigenvalue weighted by atomic mass is 10.1. The molecular formula is C22H34O2. The van der Waals surface area contributed by atoms with E-state index in [0.717, 1.165) is 18.4 Å². The van der Waals surface area contributed by atoms with Gasteiger partial charge < -0.3 is 4.74 Å². The van der Waals surface area contributed by atoms with Crippen molar-refractivity contribution in [3.8, 4) is 0 Å². The largest absolute Gasteiger partial charge is 0.462 e. The van der Waals surface area contributed by atoms with Gasteiger partial charge in [0.05, 0.1) is 6.61 Å². The van der Waals surface area contributed by atoms with Crippen LogP contribution < -0.4 is 0 Å². The van der Waals surface area contributed by atoms with Gasteiger partial charge in [-0.05, 0) is 25.0 Å². The molecule has 24 heavy (non-hydrogen) atoms. The summed E-state index contributed by atoms with van der Waals surface area (Å²) in [6, 6.07) is 9.87. The average molecular weight is 331 g/mol. The monoisotopic (exact) mass is 330 g/mol. The van der Waals surface area contributed by atoms with Crippen molar-refractivity contribution in [2.45, 2.75) is 78.1 Å². The zero-order valence-corrected chi connectivity index (χ0v) is 15.6. The molecule has 134 valence electrons. The zero-order chi connectivity index (χ0) is 17.5. The molecule has 0 heterocycles. The molecule has 0 bridgehead atoms. The van der Waals surface area contributed by atoms with E-state index in [-0.39, 0.29) is 5.97 Å². The Morgan fingerprint density at radius 3 is 2.00 bits per heavy atom. The fourth-order valence-corrected chi connectivity index (χ4v) is 2.73. The molecule has 1 aromatic rings. The van der Waals surface area contributed by atoms with Gasteiger partial charge in [0.25, 0.3) is 0 Å². The maximum Gasteiger partial charge on any atom is 0.333 e. The highest BCUT2D eigenvalue weighted by Gasteiger charge is 2.05. The summed E-state index contributed by atoms with van der Waals surface area (Å²) in [4.78, 5) is 11.9. The molecule has 0 aromatic heterocycles. The van der Waals surface area contributed by atoms with E-state index in [1.54, 1.807) is 0 Å². The van der Waals surface area contributed by atoms with Gasteiger partial charge in [-0.15, -0.1) is 0 Å². The number of esters is 1. The van der Waals surface area contributed by atoms with Crippen LogP contribution in [0.15, 0.2) is 35.9 Å². The summed E-state index contributed by atoms with van der Waals surface area (Å²) < 4.78 is 5.34. The second-order valence-corrected chi connectivity index (χ2v) is 6.56. The molecule has 0 N–H and O–H groups in total. The van der Waals surface area contributed by atoms with Crippen molar-refractivity contribution in [1.29, 1.82) is 0 Å². The van der Waals surface area contributed by atoms with Gasteiger partial charge in [-0.1, -0.05) is 95.0 Å². The molecule has 2 heteroatoms. The van der Waals surface area contributed by atoms with Crippen LogP contribution in [0.25, 0.3) is 6.08 Å². The minimum atomic E-state index is -0.199. The van der Waals surface area contributed by atoms with Crippen LogP contribution in [0.3, 0.4) is 0 Å². The second kappa shape index (κ2) is 13.8. The van der Waals surface area contributed by atoms with E-state index in [4.69, 9.17) is 4.74 Å². The molecule has 0 saturated carbocycles. The molecule has 0 aliphatic carbocycles. The van der Waals surface area contributed by atoms with E-state index >= 15 is 0 Å². The van der Waals surface area contributed by atoms with Crippen LogP contribution in [0.5, 0.6) is 0 Å². The van der Waals surface area contributed by atoms with E-state index in [1.807, 2.05) is 43.3 Å². The summed E-state index contributed by atoms with van der Waals surface area (Å²) in [5.74, 6) is -0.199. The van der Waals surface area contributed by atoms with Crippen molar-refractivity contribution in [1.82, 2.24) is 0 Å². The van der Waals surface area contributed by atoms with Crippen LogP contribution in [0.2, 0.25) is 0 Å². The van der Waals surface area contributed by atoms with Crippen LogP contribution in [-0.2, 0) is 9.53 Å².